The predicted octanol–water partition coefficient (Wildman–Crippen LogP) is 3.73. The Bertz CT molecular complexity index is 495. The second-order valence-electron chi connectivity index (χ2n) is 4.96. The molecule has 0 bridgehead atoms. The van der Waals surface area contributed by atoms with Crippen LogP contribution in [-0.2, 0) is 6.54 Å². The maximum absolute atomic E-state index is 3.63. The molecule has 18 heavy (non-hydrogen) atoms. The molecule has 2 aromatic rings. The van der Waals surface area contributed by atoms with E-state index in [0.717, 1.165) is 13.1 Å². The van der Waals surface area contributed by atoms with Gasteiger partial charge in [-0.1, -0.05) is 32.0 Å². The summed E-state index contributed by atoms with van der Waals surface area (Å²) in [5, 5.41) is 4.97. The van der Waals surface area contributed by atoms with Gasteiger partial charge < -0.3 is 9.88 Å². The lowest BCUT2D eigenvalue weighted by Crippen LogP contribution is -2.30. The maximum Gasteiger partial charge on any atom is 0.0482 e. The number of nitrogens with zero attached hydrogens (tertiary/aromatic N) is 1. The van der Waals surface area contributed by atoms with Crippen LogP contribution >= 0.6 is 0 Å². The molecule has 0 amide bonds. The van der Waals surface area contributed by atoms with Crippen molar-refractivity contribution in [1.29, 1.82) is 0 Å². The maximum atomic E-state index is 3.63. The molecule has 0 aliphatic carbocycles. The fraction of sp³-hybridized carbons (Fsp3) is 0.500. The third-order valence-electron chi connectivity index (χ3n) is 3.77. The second-order valence-corrected chi connectivity index (χ2v) is 4.96. The van der Waals surface area contributed by atoms with E-state index in [4.69, 9.17) is 0 Å². The van der Waals surface area contributed by atoms with Crippen LogP contribution in [-0.4, -0.2) is 17.2 Å². The molecule has 0 aliphatic rings. The van der Waals surface area contributed by atoms with Gasteiger partial charge in [-0.15, -0.1) is 0 Å². The predicted molar refractivity (Wildman–Crippen MR) is 79.0 cm³/mol. The first-order valence-corrected chi connectivity index (χ1v) is 7.04. The Labute approximate surface area is 110 Å². The van der Waals surface area contributed by atoms with E-state index in [1.54, 1.807) is 0 Å². The molecule has 0 saturated carbocycles. The molecular formula is C16H24N2. The average molecular weight is 244 g/mol. The highest BCUT2D eigenvalue weighted by Gasteiger charge is 2.06. The van der Waals surface area contributed by atoms with Crippen molar-refractivity contribution in [2.24, 2.45) is 0 Å². The quantitative estimate of drug-likeness (QED) is 0.819. The van der Waals surface area contributed by atoms with Crippen molar-refractivity contribution in [2.75, 3.05) is 6.54 Å². The summed E-state index contributed by atoms with van der Waals surface area (Å²) in [6.45, 7) is 8.79. The summed E-state index contributed by atoms with van der Waals surface area (Å²) in [4.78, 5) is 0. The molecule has 0 unspecified atom stereocenters. The van der Waals surface area contributed by atoms with Crippen LogP contribution in [0.15, 0.2) is 30.3 Å². The number of hydrogen-bond acceptors (Lipinski definition) is 1. The molecular weight excluding hydrogens is 220 g/mol. The third-order valence-corrected chi connectivity index (χ3v) is 3.77. The summed E-state index contributed by atoms with van der Waals surface area (Å²) in [7, 11) is 0. The SMILES string of the molecule is CCC(CC)NCCn1c(C)cc2ccccc21. The van der Waals surface area contributed by atoms with Gasteiger partial charge in [0.15, 0.2) is 0 Å². The Hall–Kier alpha value is -1.28. The summed E-state index contributed by atoms with van der Waals surface area (Å²) in [6, 6.07) is 11.5. The zero-order valence-electron chi connectivity index (χ0n) is 11.7. The van der Waals surface area contributed by atoms with Gasteiger partial charge in [0.05, 0.1) is 0 Å². The fourth-order valence-corrected chi connectivity index (χ4v) is 2.60. The number of nitrogens with one attached hydrogen (secondary N) is 1. The number of hydrogen-bond donors (Lipinski definition) is 1. The summed E-state index contributed by atoms with van der Waals surface area (Å²) in [5.74, 6) is 0. The van der Waals surface area contributed by atoms with Gasteiger partial charge in [0, 0.05) is 30.3 Å². The zero-order valence-corrected chi connectivity index (χ0v) is 11.7. The normalized spacial score (nSPS) is 11.6. The van der Waals surface area contributed by atoms with Gasteiger partial charge in [0.25, 0.3) is 0 Å². The van der Waals surface area contributed by atoms with Gasteiger partial charge >= 0.3 is 0 Å². The molecule has 1 heterocycles. The Morgan fingerprint density at radius 3 is 2.61 bits per heavy atom. The Morgan fingerprint density at radius 1 is 1.17 bits per heavy atom. The van der Waals surface area contributed by atoms with Crippen molar-refractivity contribution in [3.8, 4) is 0 Å². The first-order valence-electron chi connectivity index (χ1n) is 7.04. The molecule has 0 aliphatic heterocycles. The van der Waals surface area contributed by atoms with E-state index >= 15 is 0 Å². The van der Waals surface area contributed by atoms with Gasteiger partial charge in [-0.3, -0.25) is 0 Å². The van der Waals surface area contributed by atoms with Gasteiger partial charge in [0.1, 0.15) is 0 Å². The van der Waals surface area contributed by atoms with Crippen molar-refractivity contribution in [2.45, 2.75) is 46.2 Å². The van der Waals surface area contributed by atoms with E-state index in [9.17, 15) is 0 Å². The largest absolute Gasteiger partial charge is 0.344 e. The number of aryl methyl sites for hydroxylation is 1. The van der Waals surface area contributed by atoms with Crippen molar-refractivity contribution in [1.82, 2.24) is 9.88 Å². The number of para-hydroxylation sites is 1. The molecule has 2 rings (SSSR count). The average Bonchev–Trinajstić information content (AvgIpc) is 2.71. The van der Waals surface area contributed by atoms with E-state index in [2.05, 4.69) is 61.0 Å². The lowest BCUT2D eigenvalue weighted by molar-refractivity contribution is 0.467. The highest BCUT2D eigenvalue weighted by molar-refractivity contribution is 5.81. The smallest absolute Gasteiger partial charge is 0.0482 e. The molecule has 1 aromatic carbocycles. The molecule has 2 nitrogen and oxygen atoms in total. The van der Waals surface area contributed by atoms with Gasteiger partial charge in [0.2, 0.25) is 0 Å². The van der Waals surface area contributed by atoms with Gasteiger partial charge in [-0.25, -0.2) is 0 Å². The zero-order chi connectivity index (χ0) is 13.0. The fourth-order valence-electron chi connectivity index (χ4n) is 2.60. The molecule has 0 saturated heterocycles. The first kappa shape index (κ1) is 13.2. The molecule has 1 N–H and O–H groups in total. The monoisotopic (exact) mass is 244 g/mol. The van der Waals surface area contributed by atoms with Crippen molar-refractivity contribution in [3.05, 3.63) is 36.0 Å². The Kier molecular flexibility index (Phi) is 4.43. The van der Waals surface area contributed by atoms with Crippen LogP contribution in [0.25, 0.3) is 10.9 Å². The van der Waals surface area contributed by atoms with E-state index < -0.39 is 0 Å². The van der Waals surface area contributed by atoms with E-state index in [0.29, 0.717) is 6.04 Å². The minimum Gasteiger partial charge on any atom is -0.344 e. The third kappa shape index (κ3) is 2.75. The number of rotatable bonds is 6. The van der Waals surface area contributed by atoms with E-state index in [1.165, 1.54) is 29.4 Å². The van der Waals surface area contributed by atoms with Crippen LogP contribution in [0, 0.1) is 6.92 Å². The molecule has 0 atom stereocenters. The molecule has 0 spiro atoms. The molecule has 0 radical (unpaired) electrons. The van der Waals surface area contributed by atoms with Crippen LogP contribution in [0.2, 0.25) is 0 Å². The van der Waals surface area contributed by atoms with E-state index in [1.807, 2.05) is 0 Å². The molecule has 0 fully saturated rings. The van der Waals surface area contributed by atoms with Gasteiger partial charge in [-0.2, -0.15) is 0 Å². The summed E-state index contributed by atoms with van der Waals surface area (Å²) >= 11 is 0. The van der Waals surface area contributed by atoms with Crippen molar-refractivity contribution in [3.63, 3.8) is 0 Å². The highest BCUT2D eigenvalue weighted by Crippen LogP contribution is 2.18. The molecule has 1 aromatic heterocycles. The standard InChI is InChI=1S/C16H24N2/c1-4-15(5-2)17-10-11-18-13(3)12-14-8-6-7-9-16(14)18/h6-9,12,15,17H,4-5,10-11H2,1-3H3. The molecule has 98 valence electrons. The summed E-state index contributed by atoms with van der Waals surface area (Å²) in [5.41, 5.74) is 2.70. The summed E-state index contributed by atoms with van der Waals surface area (Å²) in [6.07, 6.45) is 2.42. The lowest BCUT2D eigenvalue weighted by Gasteiger charge is -2.16. The number of fused-ring (bicyclic) bond motifs is 1. The minimum atomic E-state index is 0.659. The topological polar surface area (TPSA) is 17.0 Å². The van der Waals surface area contributed by atoms with Crippen LogP contribution in [0.1, 0.15) is 32.4 Å². The van der Waals surface area contributed by atoms with Crippen LogP contribution in [0.5, 0.6) is 0 Å². The Morgan fingerprint density at radius 2 is 1.89 bits per heavy atom. The second kappa shape index (κ2) is 6.05. The number of aromatic nitrogens is 1. The minimum absolute atomic E-state index is 0.659. The lowest BCUT2D eigenvalue weighted by atomic mass is 10.2. The Balaban J connectivity index is 2.05. The van der Waals surface area contributed by atoms with Crippen molar-refractivity contribution < 1.29 is 0 Å². The van der Waals surface area contributed by atoms with Crippen LogP contribution in [0.3, 0.4) is 0 Å². The van der Waals surface area contributed by atoms with Gasteiger partial charge in [-0.05, 0) is 37.3 Å². The molecule has 2 heteroatoms. The summed E-state index contributed by atoms with van der Waals surface area (Å²) < 4.78 is 2.41. The van der Waals surface area contributed by atoms with Crippen LogP contribution < -0.4 is 5.32 Å². The van der Waals surface area contributed by atoms with Crippen LogP contribution in [0.4, 0.5) is 0 Å². The van der Waals surface area contributed by atoms with E-state index in [-0.39, 0.29) is 0 Å². The number of benzene rings is 1. The van der Waals surface area contributed by atoms with Crippen molar-refractivity contribution >= 4 is 10.9 Å². The highest BCUT2D eigenvalue weighted by atomic mass is 15.0. The first-order chi connectivity index (χ1) is 8.76.